The predicted octanol–water partition coefficient (Wildman–Crippen LogP) is 0.260. The van der Waals surface area contributed by atoms with E-state index in [4.69, 9.17) is 24.1 Å². The van der Waals surface area contributed by atoms with Crippen LogP contribution in [0, 0.1) is 0 Å². The molecule has 6 heteroatoms. The zero-order valence-electron chi connectivity index (χ0n) is 11.5. The van der Waals surface area contributed by atoms with Crippen molar-refractivity contribution < 1.29 is 29.2 Å². The lowest BCUT2D eigenvalue weighted by Crippen LogP contribution is -2.56. The lowest BCUT2D eigenvalue weighted by molar-refractivity contribution is -0.386. The summed E-state index contributed by atoms with van der Waals surface area (Å²) in [5.41, 5.74) is 0. The zero-order chi connectivity index (χ0) is 13.8. The van der Waals surface area contributed by atoms with Crippen LogP contribution in [0.5, 0.6) is 0 Å². The van der Waals surface area contributed by atoms with Gasteiger partial charge in [0.15, 0.2) is 0 Å². The van der Waals surface area contributed by atoms with E-state index in [-0.39, 0.29) is 18.8 Å². The topological polar surface area (TPSA) is 77.4 Å². The molecule has 4 atom stereocenters. The molecule has 0 aliphatic carbocycles. The van der Waals surface area contributed by atoms with Gasteiger partial charge < -0.3 is 29.2 Å². The second kappa shape index (κ2) is 6.27. The summed E-state index contributed by atoms with van der Waals surface area (Å²) < 4.78 is 21.5. The fraction of sp³-hybridized carbons (Fsp3) is 1.00. The molecule has 4 unspecified atom stereocenters. The highest BCUT2D eigenvalue weighted by molar-refractivity contribution is 4.82. The van der Waals surface area contributed by atoms with Crippen molar-refractivity contribution in [3.05, 3.63) is 0 Å². The molecular formula is C12H24O6. The molecule has 1 aliphatic heterocycles. The van der Waals surface area contributed by atoms with Crippen LogP contribution < -0.4 is 0 Å². The van der Waals surface area contributed by atoms with Gasteiger partial charge in [-0.25, -0.2) is 0 Å². The van der Waals surface area contributed by atoms with Gasteiger partial charge in [-0.05, 0) is 20.3 Å². The van der Waals surface area contributed by atoms with E-state index in [1.807, 2.05) is 0 Å². The highest BCUT2D eigenvalue weighted by Crippen LogP contribution is 2.31. The molecule has 0 spiro atoms. The number of rotatable bonds is 6. The molecule has 2 N–H and O–H groups in total. The Bertz CT molecular complexity index is 257. The Labute approximate surface area is 108 Å². The van der Waals surface area contributed by atoms with Crippen LogP contribution in [-0.2, 0) is 18.9 Å². The number of methoxy groups -OCH3 is 2. The summed E-state index contributed by atoms with van der Waals surface area (Å²) in [7, 11) is 2.84. The van der Waals surface area contributed by atoms with E-state index in [0.29, 0.717) is 19.4 Å². The summed E-state index contributed by atoms with van der Waals surface area (Å²) in [6, 6.07) is 0. The number of hydrogen-bond acceptors (Lipinski definition) is 6. The molecule has 0 amide bonds. The Morgan fingerprint density at radius 2 is 1.94 bits per heavy atom. The van der Waals surface area contributed by atoms with Gasteiger partial charge in [0, 0.05) is 27.2 Å². The summed E-state index contributed by atoms with van der Waals surface area (Å²) in [6.45, 7) is 3.59. The molecule has 1 saturated heterocycles. The number of hydrogen-bond donors (Lipinski definition) is 2. The van der Waals surface area contributed by atoms with Gasteiger partial charge in [-0.2, -0.15) is 0 Å². The van der Waals surface area contributed by atoms with Crippen LogP contribution >= 0.6 is 0 Å². The molecule has 1 rings (SSSR count). The molecule has 0 saturated carbocycles. The van der Waals surface area contributed by atoms with Crippen LogP contribution in [0.4, 0.5) is 0 Å². The molecule has 0 aromatic rings. The van der Waals surface area contributed by atoms with E-state index in [1.54, 1.807) is 6.92 Å². The van der Waals surface area contributed by atoms with Crippen LogP contribution in [0.25, 0.3) is 0 Å². The summed E-state index contributed by atoms with van der Waals surface area (Å²) >= 11 is 0. The molecule has 18 heavy (non-hydrogen) atoms. The SMILES string of the molecule is COC(C)(O)C(C)(OC)OC1CCOC(CO)C1. The fourth-order valence-corrected chi connectivity index (χ4v) is 1.93. The molecule has 1 fully saturated rings. The summed E-state index contributed by atoms with van der Waals surface area (Å²) in [4.78, 5) is 0. The Morgan fingerprint density at radius 3 is 2.44 bits per heavy atom. The first-order chi connectivity index (χ1) is 8.38. The van der Waals surface area contributed by atoms with E-state index < -0.39 is 11.6 Å². The Balaban J connectivity index is 2.67. The third kappa shape index (κ3) is 3.40. The number of ether oxygens (including phenoxy) is 4. The predicted molar refractivity (Wildman–Crippen MR) is 64.0 cm³/mol. The number of aliphatic hydroxyl groups is 2. The third-order valence-corrected chi connectivity index (χ3v) is 3.54. The van der Waals surface area contributed by atoms with Crippen molar-refractivity contribution in [3.63, 3.8) is 0 Å². The third-order valence-electron chi connectivity index (χ3n) is 3.54. The van der Waals surface area contributed by atoms with Gasteiger partial charge in [-0.3, -0.25) is 0 Å². The average Bonchev–Trinajstić information content (AvgIpc) is 2.38. The molecule has 0 aromatic carbocycles. The molecular weight excluding hydrogens is 240 g/mol. The normalized spacial score (nSPS) is 31.7. The lowest BCUT2D eigenvalue weighted by atomic mass is 10.0. The maximum atomic E-state index is 10.1. The minimum Gasteiger partial charge on any atom is -0.394 e. The highest BCUT2D eigenvalue weighted by atomic mass is 16.8. The average molecular weight is 264 g/mol. The van der Waals surface area contributed by atoms with Crippen molar-refractivity contribution in [2.45, 2.75) is 50.5 Å². The highest BCUT2D eigenvalue weighted by Gasteiger charge is 2.47. The van der Waals surface area contributed by atoms with Crippen LogP contribution in [0.2, 0.25) is 0 Å². The van der Waals surface area contributed by atoms with Crippen molar-refractivity contribution in [2.75, 3.05) is 27.4 Å². The van der Waals surface area contributed by atoms with Gasteiger partial charge in [-0.1, -0.05) is 0 Å². The Morgan fingerprint density at radius 1 is 1.28 bits per heavy atom. The minimum atomic E-state index is -1.56. The van der Waals surface area contributed by atoms with Gasteiger partial charge in [-0.15, -0.1) is 0 Å². The van der Waals surface area contributed by atoms with Crippen molar-refractivity contribution in [3.8, 4) is 0 Å². The van der Waals surface area contributed by atoms with Crippen LogP contribution in [0.1, 0.15) is 26.7 Å². The van der Waals surface area contributed by atoms with Crippen molar-refractivity contribution in [1.29, 1.82) is 0 Å². The first kappa shape index (κ1) is 15.8. The van der Waals surface area contributed by atoms with Crippen molar-refractivity contribution in [1.82, 2.24) is 0 Å². The molecule has 0 bridgehead atoms. The maximum absolute atomic E-state index is 10.1. The first-order valence-electron chi connectivity index (χ1n) is 6.11. The van der Waals surface area contributed by atoms with Crippen LogP contribution in [0.15, 0.2) is 0 Å². The second-order valence-electron chi connectivity index (χ2n) is 4.78. The molecule has 6 nitrogen and oxygen atoms in total. The zero-order valence-corrected chi connectivity index (χ0v) is 11.5. The van der Waals surface area contributed by atoms with Crippen molar-refractivity contribution in [2.24, 2.45) is 0 Å². The molecule has 108 valence electrons. The summed E-state index contributed by atoms with van der Waals surface area (Å²) in [5, 5.41) is 19.2. The van der Waals surface area contributed by atoms with Gasteiger partial charge in [0.05, 0.1) is 18.8 Å². The van der Waals surface area contributed by atoms with E-state index in [0.717, 1.165) is 0 Å². The minimum absolute atomic E-state index is 0.0375. The van der Waals surface area contributed by atoms with Gasteiger partial charge >= 0.3 is 0 Å². The number of aliphatic hydroxyl groups excluding tert-OH is 1. The lowest BCUT2D eigenvalue weighted by Gasteiger charge is -2.43. The smallest absolute Gasteiger partial charge is 0.220 e. The van der Waals surface area contributed by atoms with E-state index in [2.05, 4.69) is 0 Å². The van der Waals surface area contributed by atoms with Gasteiger partial charge in [0.25, 0.3) is 0 Å². The largest absolute Gasteiger partial charge is 0.394 e. The van der Waals surface area contributed by atoms with E-state index in [1.165, 1.54) is 21.1 Å². The summed E-state index contributed by atoms with van der Waals surface area (Å²) in [5.74, 6) is -2.83. The first-order valence-corrected chi connectivity index (χ1v) is 6.11. The quantitative estimate of drug-likeness (QED) is 0.670. The fourth-order valence-electron chi connectivity index (χ4n) is 1.93. The standard InChI is InChI=1S/C12H24O6/c1-11(14,15-3)12(2,16-4)18-9-5-6-17-10(7-9)8-13/h9-10,13-14H,5-8H2,1-4H3. The van der Waals surface area contributed by atoms with E-state index in [9.17, 15) is 5.11 Å². The van der Waals surface area contributed by atoms with Crippen LogP contribution in [0.3, 0.4) is 0 Å². The Kier molecular flexibility index (Phi) is 5.51. The van der Waals surface area contributed by atoms with Crippen LogP contribution in [-0.4, -0.2) is 61.4 Å². The van der Waals surface area contributed by atoms with Crippen molar-refractivity contribution >= 4 is 0 Å². The van der Waals surface area contributed by atoms with Gasteiger partial charge in [0.2, 0.25) is 11.6 Å². The molecule has 1 heterocycles. The molecule has 1 aliphatic rings. The molecule has 0 radical (unpaired) electrons. The van der Waals surface area contributed by atoms with Gasteiger partial charge in [0.1, 0.15) is 0 Å². The monoisotopic (exact) mass is 264 g/mol. The maximum Gasteiger partial charge on any atom is 0.220 e. The van der Waals surface area contributed by atoms with E-state index >= 15 is 0 Å². The molecule has 0 aromatic heterocycles. The summed E-state index contributed by atoms with van der Waals surface area (Å²) in [6.07, 6.45) is 0.879. The Hall–Kier alpha value is -0.240. The second-order valence-corrected chi connectivity index (χ2v) is 4.78.